The van der Waals surface area contributed by atoms with E-state index in [-0.39, 0.29) is 5.97 Å². The van der Waals surface area contributed by atoms with Crippen molar-refractivity contribution in [1.82, 2.24) is 0 Å². The number of carbonyl (C=O) groups is 1. The first-order valence-electron chi connectivity index (χ1n) is 23.0. The minimum Gasteiger partial charge on any atom is -0.466 e. The van der Waals surface area contributed by atoms with Crippen LogP contribution in [0, 0.1) is 5.92 Å². The van der Waals surface area contributed by atoms with E-state index in [1.54, 1.807) is 0 Å². The van der Waals surface area contributed by atoms with Crippen molar-refractivity contribution in [3.05, 3.63) is 12.2 Å². The molecule has 0 saturated heterocycles. The van der Waals surface area contributed by atoms with E-state index < -0.39 is 0 Å². The molecule has 0 bridgehead atoms. The minimum atomic E-state index is 0.0271. The van der Waals surface area contributed by atoms with Crippen molar-refractivity contribution < 1.29 is 9.53 Å². The van der Waals surface area contributed by atoms with Gasteiger partial charge in [-0.05, 0) is 44.4 Å². The molecule has 2 nitrogen and oxygen atoms in total. The molecule has 49 heavy (non-hydrogen) atoms. The maximum Gasteiger partial charge on any atom is 0.305 e. The molecule has 0 heterocycles. The van der Waals surface area contributed by atoms with Crippen molar-refractivity contribution in [2.24, 2.45) is 5.92 Å². The lowest BCUT2D eigenvalue weighted by Gasteiger charge is -2.06. The second-order valence-electron chi connectivity index (χ2n) is 16.2. The Bertz CT molecular complexity index is 638. The van der Waals surface area contributed by atoms with E-state index in [9.17, 15) is 4.79 Å². The van der Waals surface area contributed by atoms with Gasteiger partial charge >= 0.3 is 5.97 Å². The molecule has 0 aromatic heterocycles. The fourth-order valence-electron chi connectivity index (χ4n) is 7.14. The second-order valence-corrected chi connectivity index (χ2v) is 16.2. The van der Waals surface area contributed by atoms with E-state index >= 15 is 0 Å². The van der Waals surface area contributed by atoms with Gasteiger partial charge in [0.05, 0.1) is 6.61 Å². The van der Waals surface area contributed by atoms with Crippen LogP contribution in [0.4, 0.5) is 0 Å². The zero-order valence-corrected chi connectivity index (χ0v) is 34.3. The predicted octanol–water partition coefficient (Wildman–Crippen LogP) is 17.0. The molecule has 0 amide bonds. The van der Waals surface area contributed by atoms with Gasteiger partial charge in [-0.3, -0.25) is 4.79 Å². The highest BCUT2D eigenvalue weighted by atomic mass is 16.5. The van der Waals surface area contributed by atoms with Crippen molar-refractivity contribution in [1.29, 1.82) is 0 Å². The molecule has 0 rings (SSSR count). The molecule has 0 aliphatic rings. The quantitative estimate of drug-likeness (QED) is 0.0362. The van der Waals surface area contributed by atoms with Crippen LogP contribution >= 0.6 is 0 Å². The van der Waals surface area contributed by atoms with Crippen molar-refractivity contribution in [3.63, 3.8) is 0 Å². The highest BCUT2D eigenvalue weighted by Gasteiger charge is 2.03. The maximum absolute atomic E-state index is 12.0. The Morgan fingerprint density at radius 2 is 0.714 bits per heavy atom. The summed E-state index contributed by atoms with van der Waals surface area (Å²) in [4.78, 5) is 12.0. The smallest absolute Gasteiger partial charge is 0.305 e. The van der Waals surface area contributed by atoms with Gasteiger partial charge in [-0.2, -0.15) is 0 Å². The normalized spacial score (nSPS) is 11.8. The van der Waals surface area contributed by atoms with Crippen LogP contribution in [-0.2, 0) is 9.53 Å². The molecule has 292 valence electrons. The molecule has 0 atom stereocenters. The molecular weight excluding hydrogens is 597 g/mol. The number of unbranched alkanes of at least 4 members (excludes halogenated alkanes) is 34. The molecule has 0 N–H and O–H groups in total. The maximum atomic E-state index is 12.0. The van der Waals surface area contributed by atoms with Gasteiger partial charge in [-0.25, -0.2) is 0 Å². The van der Waals surface area contributed by atoms with E-state index in [2.05, 4.69) is 32.9 Å². The van der Waals surface area contributed by atoms with Crippen molar-refractivity contribution in [2.45, 2.75) is 271 Å². The SMILES string of the molecule is CCCCCCCCC=CCCCCCCCCCCCC(=O)OCCCCCCCCCCCCCCCCCCCCCCC(C)C. The van der Waals surface area contributed by atoms with Gasteiger partial charge in [-0.15, -0.1) is 0 Å². The van der Waals surface area contributed by atoms with Crippen LogP contribution in [0.3, 0.4) is 0 Å². The van der Waals surface area contributed by atoms with Crippen LogP contribution in [0.2, 0.25) is 0 Å². The molecule has 0 aromatic carbocycles. The zero-order chi connectivity index (χ0) is 35.6. The second kappa shape index (κ2) is 43.4. The number of rotatable bonds is 42. The van der Waals surface area contributed by atoms with Crippen LogP contribution in [-0.4, -0.2) is 12.6 Å². The Kier molecular flexibility index (Phi) is 42.7. The molecule has 0 aromatic rings. The van der Waals surface area contributed by atoms with Crippen LogP contribution in [0.1, 0.15) is 271 Å². The van der Waals surface area contributed by atoms with Gasteiger partial charge in [0, 0.05) is 6.42 Å². The first-order chi connectivity index (χ1) is 24.2. The summed E-state index contributed by atoms with van der Waals surface area (Å²) in [7, 11) is 0. The molecule has 0 radical (unpaired) electrons. The molecule has 2 heteroatoms. The number of ether oxygens (including phenoxy) is 1. The third kappa shape index (κ3) is 45.2. The molecule has 0 saturated carbocycles. The van der Waals surface area contributed by atoms with Gasteiger partial charge in [0.2, 0.25) is 0 Å². The first kappa shape index (κ1) is 48.2. The van der Waals surface area contributed by atoms with Crippen LogP contribution in [0.5, 0.6) is 0 Å². The van der Waals surface area contributed by atoms with E-state index in [1.165, 1.54) is 231 Å². The zero-order valence-electron chi connectivity index (χ0n) is 34.3. The first-order valence-corrected chi connectivity index (χ1v) is 23.0. The fraction of sp³-hybridized carbons (Fsp3) is 0.936. The van der Waals surface area contributed by atoms with Gasteiger partial charge in [0.15, 0.2) is 0 Å². The fourth-order valence-corrected chi connectivity index (χ4v) is 7.14. The topological polar surface area (TPSA) is 26.3 Å². The average Bonchev–Trinajstić information content (AvgIpc) is 3.09. The Morgan fingerprint density at radius 3 is 1.08 bits per heavy atom. The summed E-state index contributed by atoms with van der Waals surface area (Å²) in [6, 6.07) is 0. The lowest BCUT2D eigenvalue weighted by Crippen LogP contribution is -2.05. The molecule has 0 spiro atoms. The largest absolute Gasteiger partial charge is 0.466 e. The van der Waals surface area contributed by atoms with Crippen LogP contribution < -0.4 is 0 Å². The lowest BCUT2D eigenvalue weighted by atomic mass is 10.0. The minimum absolute atomic E-state index is 0.0271. The summed E-state index contributed by atoms with van der Waals surface area (Å²) in [5, 5.41) is 0. The summed E-state index contributed by atoms with van der Waals surface area (Å²) >= 11 is 0. The lowest BCUT2D eigenvalue weighted by molar-refractivity contribution is -0.143. The average molecular weight is 689 g/mol. The number of carbonyl (C=O) groups excluding carboxylic acids is 1. The molecule has 0 fully saturated rings. The Labute approximate surface area is 310 Å². The third-order valence-corrected chi connectivity index (χ3v) is 10.6. The van der Waals surface area contributed by atoms with Crippen molar-refractivity contribution >= 4 is 5.97 Å². The van der Waals surface area contributed by atoms with E-state index in [1.807, 2.05) is 0 Å². The summed E-state index contributed by atoms with van der Waals surface area (Å²) in [6.45, 7) is 7.60. The number of allylic oxidation sites excluding steroid dienone is 2. The predicted molar refractivity (Wildman–Crippen MR) is 221 cm³/mol. The Hall–Kier alpha value is -0.790. The third-order valence-electron chi connectivity index (χ3n) is 10.6. The van der Waals surface area contributed by atoms with E-state index in [0.29, 0.717) is 13.0 Å². The molecule has 0 aliphatic heterocycles. The summed E-state index contributed by atoms with van der Waals surface area (Å²) in [6.07, 6.45) is 57.5. The van der Waals surface area contributed by atoms with Gasteiger partial charge in [0.25, 0.3) is 0 Å². The molecular formula is C47H92O2. The van der Waals surface area contributed by atoms with E-state index in [4.69, 9.17) is 4.74 Å². The summed E-state index contributed by atoms with van der Waals surface area (Å²) in [5.74, 6) is 0.910. The van der Waals surface area contributed by atoms with Crippen molar-refractivity contribution in [3.8, 4) is 0 Å². The summed E-state index contributed by atoms with van der Waals surface area (Å²) in [5.41, 5.74) is 0. The van der Waals surface area contributed by atoms with E-state index in [0.717, 1.165) is 18.8 Å². The molecule has 0 unspecified atom stereocenters. The van der Waals surface area contributed by atoms with Gasteiger partial charge in [-0.1, -0.05) is 238 Å². The number of hydrogen-bond donors (Lipinski definition) is 0. The van der Waals surface area contributed by atoms with Crippen LogP contribution in [0.25, 0.3) is 0 Å². The van der Waals surface area contributed by atoms with Crippen molar-refractivity contribution in [2.75, 3.05) is 6.61 Å². The molecule has 0 aliphatic carbocycles. The highest BCUT2D eigenvalue weighted by molar-refractivity contribution is 5.69. The monoisotopic (exact) mass is 689 g/mol. The Morgan fingerprint density at radius 1 is 0.408 bits per heavy atom. The standard InChI is InChI=1S/C47H92O2/c1-4-5-6-7-8-9-10-11-12-13-16-20-23-26-29-32-35-38-41-44-47(48)49-45-42-39-36-33-30-27-24-21-18-15-14-17-19-22-25-28-31-34-37-40-43-46(2)3/h11-12,46H,4-10,13-45H2,1-3H3. The Balaban J connectivity index is 3.17. The number of hydrogen-bond acceptors (Lipinski definition) is 2. The highest BCUT2D eigenvalue weighted by Crippen LogP contribution is 2.17. The number of esters is 1. The van der Waals surface area contributed by atoms with Crippen LogP contribution in [0.15, 0.2) is 12.2 Å². The van der Waals surface area contributed by atoms with Gasteiger partial charge in [0.1, 0.15) is 0 Å². The summed E-state index contributed by atoms with van der Waals surface area (Å²) < 4.78 is 5.48. The van der Waals surface area contributed by atoms with Gasteiger partial charge < -0.3 is 4.74 Å².